The zero-order chi connectivity index (χ0) is 9.97. The zero-order valence-corrected chi connectivity index (χ0v) is 8.28. The first-order valence-electron chi connectivity index (χ1n) is 4.01. The van der Waals surface area contributed by atoms with Crippen molar-refractivity contribution >= 4 is 17.1 Å². The van der Waals surface area contributed by atoms with E-state index in [1.807, 2.05) is 0 Å². The molecule has 0 aromatic carbocycles. The van der Waals surface area contributed by atoms with Crippen molar-refractivity contribution in [2.75, 3.05) is 0 Å². The third-order valence-electron chi connectivity index (χ3n) is 1.61. The Morgan fingerprint density at radius 3 is 2.57 bits per heavy atom. The monoisotopic (exact) mass is 205 g/mol. The second-order valence-corrected chi connectivity index (χ2v) is 3.69. The summed E-state index contributed by atoms with van der Waals surface area (Å²) in [4.78, 5) is 23.8. The van der Waals surface area contributed by atoms with Crippen molar-refractivity contribution in [3.8, 4) is 10.8 Å². The molecule has 0 saturated carbocycles. The van der Waals surface area contributed by atoms with Gasteiger partial charge in [-0.05, 0) is 6.07 Å². The molecule has 0 fully saturated rings. The lowest BCUT2D eigenvalue weighted by molar-refractivity contribution is 0.102. The van der Waals surface area contributed by atoms with Crippen LogP contribution < -0.4 is 0 Å². The maximum Gasteiger partial charge on any atom is 0.188 e. The number of ketones is 1. The van der Waals surface area contributed by atoms with E-state index in [4.69, 9.17) is 0 Å². The number of nitrogens with zero attached hydrogens (tertiary/aromatic N) is 3. The van der Waals surface area contributed by atoms with Gasteiger partial charge in [-0.1, -0.05) is 0 Å². The van der Waals surface area contributed by atoms with Crippen molar-refractivity contribution in [1.82, 2.24) is 15.0 Å². The fourth-order valence-corrected chi connectivity index (χ4v) is 1.71. The van der Waals surface area contributed by atoms with Crippen LogP contribution in [0.2, 0.25) is 0 Å². The number of rotatable bonds is 2. The first-order chi connectivity index (χ1) is 6.77. The molecule has 5 heteroatoms. The summed E-state index contributed by atoms with van der Waals surface area (Å²) in [6.45, 7) is 1.52. The van der Waals surface area contributed by atoms with E-state index in [9.17, 15) is 4.79 Å². The fraction of sp³-hybridized carbons (Fsp3) is 0.111. The molecule has 0 aliphatic heterocycles. The molecule has 14 heavy (non-hydrogen) atoms. The number of carbonyl (C=O) groups excluding carboxylic acids is 1. The summed E-state index contributed by atoms with van der Waals surface area (Å²) in [6, 6.07) is 1.74. The minimum absolute atomic E-state index is 0.0182. The maximum atomic E-state index is 11.0. The Bertz CT molecular complexity index is 452. The summed E-state index contributed by atoms with van der Waals surface area (Å²) in [6.07, 6.45) is 4.85. The molecule has 0 spiro atoms. The van der Waals surface area contributed by atoms with E-state index >= 15 is 0 Å². The average Bonchev–Trinajstić information content (AvgIpc) is 2.68. The summed E-state index contributed by atoms with van der Waals surface area (Å²) >= 11 is 1.31. The second-order valence-electron chi connectivity index (χ2n) is 2.66. The molecule has 70 valence electrons. The predicted octanol–water partition coefficient (Wildman–Crippen LogP) is 1.80. The second kappa shape index (κ2) is 3.63. The average molecular weight is 205 g/mol. The number of carbonyl (C=O) groups is 1. The molecule has 0 unspecified atom stereocenters. The summed E-state index contributed by atoms with van der Waals surface area (Å²) in [7, 11) is 0. The number of Topliss-reactive ketones (excluding diaryl/α,β-unsaturated/α-hetero) is 1. The van der Waals surface area contributed by atoms with E-state index in [2.05, 4.69) is 15.0 Å². The van der Waals surface area contributed by atoms with Crippen molar-refractivity contribution in [2.24, 2.45) is 0 Å². The van der Waals surface area contributed by atoms with Crippen LogP contribution in [0.15, 0.2) is 24.7 Å². The van der Waals surface area contributed by atoms with Crippen LogP contribution in [-0.4, -0.2) is 20.7 Å². The Balaban J connectivity index is 2.39. The van der Waals surface area contributed by atoms with Crippen molar-refractivity contribution in [3.63, 3.8) is 0 Å². The van der Waals surface area contributed by atoms with E-state index in [0.717, 1.165) is 0 Å². The molecule has 0 radical (unpaired) electrons. The predicted molar refractivity (Wildman–Crippen MR) is 53.1 cm³/mol. The number of hydrogen-bond acceptors (Lipinski definition) is 5. The first-order valence-corrected chi connectivity index (χ1v) is 4.83. The van der Waals surface area contributed by atoms with E-state index in [0.29, 0.717) is 15.7 Å². The highest BCUT2D eigenvalue weighted by molar-refractivity contribution is 7.16. The topological polar surface area (TPSA) is 55.7 Å². The van der Waals surface area contributed by atoms with Crippen molar-refractivity contribution in [3.05, 3.63) is 29.5 Å². The smallest absolute Gasteiger partial charge is 0.188 e. The molecule has 0 bridgehead atoms. The van der Waals surface area contributed by atoms with Gasteiger partial charge in [-0.25, -0.2) is 15.0 Å². The van der Waals surface area contributed by atoms with Gasteiger partial charge in [-0.15, -0.1) is 11.3 Å². The minimum atomic E-state index is 0.0182. The van der Waals surface area contributed by atoms with E-state index in [1.165, 1.54) is 18.3 Å². The van der Waals surface area contributed by atoms with Crippen LogP contribution in [0.4, 0.5) is 0 Å². The lowest BCUT2D eigenvalue weighted by atomic mass is 10.4. The van der Waals surface area contributed by atoms with Gasteiger partial charge >= 0.3 is 0 Å². The lowest BCUT2D eigenvalue weighted by Crippen LogP contribution is -1.84. The largest absolute Gasteiger partial charge is 0.294 e. The molecule has 0 atom stereocenters. The molecule has 2 rings (SSSR count). The van der Waals surface area contributed by atoms with Gasteiger partial charge in [0.05, 0.1) is 4.88 Å². The van der Waals surface area contributed by atoms with Crippen molar-refractivity contribution in [1.29, 1.82) is 0 Å². The van der Waals surface area contributed by atoms with E-state index in [-0.39, 0.29) is 5.78 Å². The summed E-state index contributed by atoms with van der Waals surface area (Å²) in [5, 5.41) is 0.677. The van der Waals surface area contributed by atoms with Gasteiger partial charge in [0.1, 0.15) is 0 Å². The molecule has 4 nitrogen and oxygen atoms in total. The van der Waals surface area contributed by atoms with Crippen LogP contribution in [0.1, 0.15) is 16.6 Å². The Hall–Kier alpha value is -1.62. The van der Waals surface area contributed by atoms with Crippen molar-refractivity contribution < 1.29 is 4.79 Å². The lowest BCUT2D eigenvalue weighted by Gasteiger charge is -1.90. The van der Waals surface area contributed by atoms with Gasteiger partial charge in [0.15, 0.2) is 16.6 Å². The van der Waals surface area contributed by atoms with Gasteiger partial charge in [0.25, 0.3) is 0 Å². The van der Waals surface area contributed by atoms with E-state index < -0.39 is 0 Å². The third-order valence-corrected chi connectivity index (χ3v) is 2.70. The van der Waals surface area contributed by atoms with Gasteiger partial charge in [0.2, 0.25) is 0 Å². The Labute approximate surface area is 84.7 Å². The highest BCUT2D eigenvalue weighted by Crippen LogP contribution is 2.21. The first kappa shape index (κ1) is 8.96. The Morgan fingerprint density at radius 1 is 1.29 bits per heavy atom. The Kier molecular flexibility index (Phi) is 2.32. The quantitative estimate of drug-likeness (QED) is 0.701. The normalized spacial score (nSPS) is 10.1. The molecule has 2 aromatic rings. The molecular weight excluding hydrogens is 198 g/mol. The Morgan fingerprint density at radius 2 is 2.00 bits per heavy atom. The molecule has 0 aliphatic carbocycles. The van der Waals surface area contributed by atoms with Crippen LogP contribution in [0.25, 0.3) is 10.8 Å². The fourth-order valence-electron chi connectivity index (χ4n) is 0.950. The number of hydrogen-bond donors (Lipinski definition) is 0. The minimum Gasteiger partial charge on any atom is -0.294 e. The van der Waals surface area contributed by atoms with Crippen LogP contribution in [0.3, 0.4) is 0 Å². The molecule has 0 saturated heterocycles. The summed E-state index contributed by atoms with van der Waals surface area (Å²) in [5.41, 5.74) is 0. The molecular formula is C9H7N3OS. The highest BCUT2D eigenvalue weighted by Gasteiger charge is 2.08. The van der Waals surface area contributed by atoms with Crippen LogP contribution in [0, 0.1) is 0 Å². The van der Waals surface area contributed by atoms with Gasteiger partial charge < -0.3 is 0 Å². The van der Waals surface area contributed by atoms with Crippen LogP contribution >= 0.6 is 11.3 Å². The summed E-state index contributed by atoms with van der Waals surface area (Å²) < 4.78 is 0. The zero-order valence-electron chi connectivity index (χ0n) is 7.47. The van der Waals surface area contributed by atoms with Crippen LogP contribution in [0.5, 0.6) is 0 Å². The maximum absolute atomic E-state index is 11.0. The molecule has 2 heterocycles. The van der Waals surface area contributed by atoms with Gasteiger partial charge in [-0.2, -0.15) is 0 Å². The summed E-state index contributed by atoms with van der Waals surface area (Å²) in [5.74, 6) is 0.578. The molecule has 2 aromatic heterocycles. The molecule has 0 amide bonds. The molecule has 0 aliphatic rings. The highest BCUT2D eigenvalue weighted by atomic mass is 32.1. The SMILES string of the molecule is CC(=O)c1cnc(-c2ncccn2)s1. The van der Waals surface area contributed by atoms with E-state index in [1.54, 1.807) is 24.7 Å². The third kappa shape index (κ3) is 1.67. The molecule has 0 N–H and O–H groups in total. The van der Waals surface area contributed by atoms with Gasteiger partial charge in [0, 0.05) is 25.5 Å². The van der Waals surface area contributed by atoms with Crippen molar-refractivity contribution in [2.45, 2.75) is 6.92 Å². The number of aromatic nitrogens is 3. The van der Waals surface area contributed by atoms with Gasteiger partial charge in [-0.3, -0.25) is 4.79 Å². The number of thiazole rings is 1. The standard InChI is InChI=1S/C9H7N3OS/c1-6(13)7-5-12-9(14-7)8-10-3-2-4-11-8/h2-5H,1H3. The van der Waals surface area contributed by atoms with Crippen LogP contribution in [-0.2, 0) is 0 Å².